The van der Waals surface area contributed by atoms with Crippen LogP contribution in [0.4, 0.5) is 10.5 Å². The normalized spacial score (nSPS) is 11.1. The van der Waals surface area contributed by atoms with Gasteiger partial charge in [-0.05, 0) is 36.1 Å². The monoisotopic (exact) mass is 404 g/mol. The van der Waals surface area contributed by atoms with Gasteiger partial charge < -0.3 is 15.4 Å². The molecule has 1 heterocycles. The van der Waals surface area contributed by atoms with Gasteiger partial charge in [0.25, 0.3) is 0 Å². The number of anilines is 1. The van der Waals surface area contributed by atoms with E-state index >= 15 is 0 Å². The van der Waals surface area contributed by atoms with Gasteiger partial charge in [-0.1, -0.05) is 62.7 Å². The second kappa shape index (κ2) is 9.39. The largest absolute Gasteiger partial charge is 0.475 e. The Labute approximate surface area is 177 Å². The van der Waals surface area contributed by atoms with E-state index in [4.69, 9.17) is 4.74 Å². The lowest BCUT2D eigenvalue weighted by molar-refractivity contribution is 0.246. The summed E-state index contributed by atoms with van der Waals surface area (Å²) in [5, 5.41) is 13.9. The number of hydrogen-bond acceptors (Lipinski definition) is 4. The maximum Gasteiger partial charge on any atom is 0.319 e. The Morgan fingerprint density at radius 3 is 2.23 bits per heavy atom. The number of rotatable bonds is 6. The van der Waals surface area contributed by atoms with Crippen LogP contribution >= 0.6 is 0 Å². The number of nitrogens with zero attached hydrogens (tertiary/aromatic N) is 2. The molecule has 156 valence electrons. The van der Waals surface area contributed by atoms with Gasteiger partial charge in [0.2, 0.25) is 5.88 Å². The van der Waals surface area contributed by atoms with Crippen LogP contribution in [0.3, 0.4) is 0 Å². The summed E-state index contributed by atoms with van der Waals surface area (Å²) in [6.07, 6.45) is 0. The summed E-state index contributed by atoms with van der Waals surface area (Å²) < 4.78 is 5.55. The number of amides is 2. The first kappa shape index (κ1) is 21.3. The zero-order valence-corrected chi connectivity index (χ0v) is 17.9. The van der Waals surface area contributed by atoms with Crippen molar-refractivity contribution in [2.45, 2.75) is 33.1 Å². The molecule has 0 bridgehead atoms. The zero-order chi connectivity index (χ0) is 21.6. The first-order chi connectivity index (χ1) is 14.3. The van der Waals surface area contributed by atoms with Gasteiger partial charge in [-0.15, -0.1) is 10.2 Å². The summed E-state index contributed by atoms with van der Waals surface area (Å²) in [7, 11) is 0. The number of benzene rings is 2. The summed E-state index contributed by atoms with van der Waals surface area (Å²) >= 11 is 0. The third-order valence-electron chi connectivity index (χ3n) is 4.63. The highest BCUT2D eigenvalue weighted by atomic mass is 16.5. The Kier molecular flexibility index (Phi) is 6.67. The molecule has 0 saturated heterocycles. The van der Waals surface area contributed by atoms with Gasteiger partial charge in [-0.2, -0.15) is 0 Å². The SMILES string of the molecule is Cc1ccc(-c2ccc(OCCNC(=O)Nc3ccc(C(C)(C)C)cc3)nn2)cc1. The number of urea groups is 1. The van der Waals surface area contributed by atoms with E-state index < -0.39 is 0 Å². The Bertz CT molecular complexity index is 960. The molecular weight excluding hydrogens is 376 g/mol. The minimum absolute atomic E-state index is 0.0827. The second-order valence-electron chi connectivity index (χ2n) is 8.18. The van der Waals surface area contributed by atoms with Crippen LogP contribution < -0.4 is 15.4 Å². The first-order valence-corrected chi connectivity index (χ1v) is 10.0. The molecule has 6 nitrogen and oxygen atoms in total. The van der Waals surface area contributed by atoms with Gasteiger partial charge in [0.1, 0.15) is 6.61 Å². The Morgan fingerprint density at radius 1 is 0.933 bits per heavy atom. The van der Waals surface area contributed by atoms with E-state index in [-0.39, 0.29) is 11.4 Å². The van der Waals surface area contributed by atoms with Crippen LogP contribution in [-0.2, 0) is 5.41 Å². The lowest BCUT2D eigenvalue weighted by atomic mass is 9.87. The number of hydrogen-bond donors (Lipinski definition) is 2. The molecule has 0 saturated carbocycles. The van der Waals surface area contributed by atoms with Gasteiger partial charge in [-0.3, -0.25) is 0 Å². The van der Waals surface area contributed by atoms with E-state index in [9.17, 15) is 4.79 Å². The molecule has 2 N–H and O–H groups in total. The maximum absolute atomic E-state index is 12.0. The van der Waals surface area contributed by atoms with Crippen LogP contribution in [0, 0.1) is 6.92 Å². The van der Waals surface area contributed by atoms with E-state index in [1.165, 1.54) is 11.1 Å². The number of ether oxygens (including phenoxy) is 1. The van der Waals surface area contributed by atoms with Crippen LogP contribution in [0.5, 0.6) is 5.88 Å². The minimum atomic E-state index is -0.275. The first-order valence-electron chi connectivity index (χ1n) is 10.0. The number of carbonyl (C=O) groups is 1. The predicted octanol–water partition coefficient (Wildman–Crippen LogP) is 4.95. The van der Waals surface area contributed by atoms with Gasteiger partial charge in [0.15, 0.2) is 0 Å². The van der Waals surface area contributed by atoms with E-state index in [0.717, 1.165) is 16.9 Å². The fourth-order valence-electron chi connectivity index (χ4n) is 2.82. The molecule has 3 rings (SSSR count). The standard InChI is InChI=1S/C24H28N4O2/c1-17-5-7-18(8-6-17)21-13-14-22(28-27-21)30-16-15-25-23(29)26-20-11-9-19(10-12-20)24(2,3)4/h5-14H,15-16H2,1-4H3,(H2,25,26,29). The summed E-state index contributed by atoms with van der Waals surface area (Å²) in [6, 6.07) is 19.3. The molecule has 0 radical (unpaired) electrons. The lowest BCUT2D eigenvalue weighted by Gasteiger charge is -2.19. The van der Waals surface area contributed by atoms with Gasteiger partial charge in [0, 0.05) is 17.3 Å². The van der Waals surface area contributed by atoms with E-state index in [2.05, 4.69) is 41.6 Å². The number of aryl methyl sites for hydroxylation is 1. The van der Waals surface area contributed by atoms with E-state index in [1.807, 2.05) is 61.5 Å². The Morgan fingerprint density at radius 2 is 1.63 bits per heavy atom. The maximum atomic E-state index is 12.0. The van der Waals surface area contributed by atoms with Crippen molar-refractivity contribution in [2.24, 2.45) is 0 Å². The fraction of sp³-hybridized carbons (Fsp3) is 0.292. The van der Waals surface area contributed by atoms with Crippen LogP contribution in [0.2, 0.25) is 0 Å². The third-order valence-corrected chi connectivity index (χ3v) is 4.63. The molecule has 0 spiro atoms. The van der Waals surface area contributed by atoms with Gasteiger partial charge in [0.05, 0.1) is 12.2 Å². The molecular formula is C24H28N4O2. The van der Waals surface area contributed by atoms with Crippen LogP contribution in [0.15, 0.2) is 60.7 Å². The smallest absolute Gasteiger partial charge is 0.319 e. The highest BCUT2D eigenvalue weighted by molar-refractivity contribution is 5.89. The van der Waals surface area contributed by atoms with Crippen LogP contribution in [-0.4, -0.2) is 29.4 Å². The molecule has 3 aromatic rings. The molecule has 2 amide bonds. The quantitative estimate of drug-likeness (QED) is 0.570. The summed E-state index contributed by atoms with van der Waals surface area (Å²) in [6.45, 7) is 9.17. The number of nitrogens with one attached hydrogen (secondary N) is 2. The number of aromatic nitrogens is 2. The predicted molar refractivity (Wildman–Crippen MR) is 120 cm³/mol. The molecule has 0 fully saturated rings. The molecule has 0 aliphatic heterocycles. The minimum Gasteiger partial charge on any atom is -0.475 e. The molecule has 1 aromatic heterocycles. The average molecular weight is 405 g/mol. The molecule has 0 aliphatic carbocycles. The molecule has 30 heavy (non-hydrogen) atoms. The molecule has 0 aliphatic rings. The molecule has 0 atom stereocenters. The van der Waals surface area contributed by atoms with Crippen molar-refractivity contribution in [2.75, 3.05) is 18.5 Å². The van der Waals surface area contributed by atoms with Crippen molar-refractivity contribution in [3.05, 3.63) is 71.8 Å². The molecule has 2 aromatic carbocycles. The van der Waals surface area contributed by atoms with Crippen molar-refractivity contribution < 1.29 is 9.53 Å². The fourth-order valence-corrected chi connectivity index (χ4v) is 2.82. The van der Waals surface area contributed by atoms with Crippen LogP contribution in [0.1, 0.15) is 31.9 Å². The summed E-state index contributed by atoms with van der Waals surface area (Å²) in [5.41, 5.74) is 5.05. The van der Waals surface area contributed by atoms with E-state index in [0.29, 0.717) is 19.0 Å². The van der Waals surface area contributed by atoms with Crippen molar-refractivity contribution >= 4 is 11.7 Å². The van der Waals surface area contributed by atoms with Gasteiger partial charge in [-0.25, -0.2) is 4.79 Å². The summed E-state index contributed by atoms with van der Waals surface area (Å²) in [4.78, 5) is 12.0. The van der Waals surface area contributed by atoms with E-state index in [1.54, 1.807) is 6.07 Å². The van der Waals surface area contributed by atoms with Crippen molar-refractivity contribution in [3.63, 3.8) is 0 Å². The third kappa shape index (κ3) is 6.04. The van der Waals surface area contributed by atoms with Crippen LogP contribution in [0.25, 0.3) is 11.3 Å². The van der Waals surface area contributed by atoms with Crippen molar-refractivity contribution in [1.29, 1.82) is 0 Å². The zero-order valence-electron chi connectivity index (χ0n) is 17.9. The average Bonchev–Trinajstić information content (AvgIpc) is 2.72. The molecule has 0 unspecified atom stereocenters. The van der Waals surface area contributed by atoms with Crippen molar-refractivity contribution in [1.82, 2.24) is 15.5 Å². The Hall–Kier alpha value is -3.41. The summed E-state index contributed by atoms with van der Waals surface area (Å²) in [5.74, 6) is 0.422. The topological polar surface area (TPSA) is 76.1 Å². The van der Waals surface area contributed by atoms with Crippen molar-refractivity contribution in [3.8, 4) is 17.1 Å². The Balaban J connectivity index is 1.41. The second-order valence-corrected chi connectivity index (χ2v) is 8.18. The van der Waals surface area contributed by atoms with Gasteiger partial charge >= 0.3 is 6.03 Å². The number of carbonyl (C=O) groups excluding carboxylic acids is 1. The molecule has 6 heteroatoms. The highest BCUT2D eigenvalue weighted by Crippen LogP contribution is 2.23. The lowest BCUT2D eigenvalue weighted by Crippen LogP contribution is -2.32. The highest BCUT2D eigenvalue weighted by Gasteiger charge is 2.13.